The number of aromatic nitrogens is 1. The molecule has 0 saturated heterocycles. The molecule has 124 valence electrons. The van der Waals surface area contributed by atoms with Crippen molar-refractivity contribution in [2.24, 2.45) is 7.05 Å². The van der Waals surface area contributed by atoms with E-state index in [1.807, 2.05) is 36.4 Å². The number of carbonyl (C=O) groups excluding carboxylic acids is 1. The Morgan fingerprint density at radius 2 is 2.12 bits per heavy atom. The van der Waals surface area contributed by atoms with Gasteiger partial charge in [0, 0.05) is 29.9 Å². The minimum atomic E-state index is -0.309. The number of benzene rings is 1. The Labute approximate surface area is 146 Å². The second kappa shape index (κ2) is 6.21. The van der Waals surface area contributed by atoms with Crippen molar-refractivity contribution in [3.8, 4) is 6.07 Å². The van der Waals surface area contributed by atoms with Crippen LogP contribution < -0.4 is 5.32 Å². The first-order valence-corrected chi connectivity index (χ1v) is 8.29. The van der Waals surface area contributed by atoms with Crippen LogP contribution in [0.1, 0.15) is 46.8 Å². The van der Waals surface area contributed by atoms with Crippen LogP contribution in [0.3, 0.4) is 0 Å². The molecular weight excluding hydrogens is 324 g/mol. The van der Waals surface area contributed by atoms with E-state index in [0.717, 1.165) is 23.4 Å². The van der Waals surface area contributed by atoms with Crippen molar-refractivity contribution >= 4 is 23.2 Å². The summed E-state index contributed by atoms with van der Waals surface area (Å²) in [4.78, 5) is 14.8. The maximum atomic E-state index is 12.9. The minimum absolute atomic E-state index is 0.0194. The minimum Gasteiger partial charge on any atom is -0.361 e. The summed E-state index contributed by atoms with van der Waals surface area (Å²) >= 11 is 6.09. The molecule has 0 spiro atoms. The predicted molar refractivity (Wildman–Crippen MR) is 94.0 cm³/mol. The van der Waals surface area contributed by atoms with Gasteiger partial charge in [0.15, 0.2) is 0 Å². The molecule has 1 unspecified atom stereocenters. The summed E-state index contributed by atoms with van der Waals surface area (Å²) in [6, 6.07) is 9.29. The molecule has 1 N–H and O–H groups in total. The van der Waals surface area contributed by atoms with Crippen LogP contribution >= 0.6 is 11.6 Å². The Bertz CT molecular complexity index is 849. The molecule has 1 aromatic carbocycles. The summed E-state index contributed by atoms with van der Waals surface area (Å²) in [7, 11) is 1.86. The highest BCUT2D eigenvalue weighted by atomic mass is 35.5. The Balaban J connectivity index is 2.12. The van der Waals surface area contributed by atoms with Crippen molar-refractivity contribution in [2.45, 2.75) is 26.4 Å². The highest BCUT2D eigenvalue weighted by molar-refractivity contribution is 6.31. The fraction of sp³-hybridized carbons (Fsp3) is 0.333. The lowest BCUT2D eigenvalue weighted by molar-refractivity contribution is 0.0683. The number of halogens is 1. The standard InChI is InChI=1S/C18H19ClN4O/c1-4-7-23-17(15-9-13(10-20)22(3)11(15)2)21-16-8-12(19)5-6-14(16)18(23)24/h5-6,8-9,17,21H,4,7H2,1-3H3. The van der Waals surface area contributed by atoms with E-state index in [1.165, 1.54) is 0 Å². The van der Waals surface area contributed by atoms with Gasteiger partial charge in [-0.3, -0.25) is 4.79 Å². The summed E-state index contributed by atoms with van der Waals surface area (Å²) in [5.74, 6) is -0.0194. The van der Waals surface area contributed by atoms with Crippen molar-refractivity contribution in [1.29, 1.82) is 5.26 Å². The summed E-state index contributed by atoms with van der Waals surface area (Å²) < 4.78 is 1.85. The third-order valence-corrected chi connectivity index (χ3v) is 4.76. The number of amides is 1. The fourth-order valence-electron chi connectivity index (χ4n) is 3.14. The Morgan fingerprint density at radius 3 is 2.75 bits per heavy atom. The number of anilines is 1. The molecule has 0 bridgehead atoms. The topological polar surface area (TPSA) is 61.1 Å². The zero-order valence-corrected chi connectivity index (χ0v) is 14.7. The van der Waals surface area contributed by atoms with Crippen molar-refractivity contribution < 1.29 is 4.79 Å². The maximum Gasteiger partial charge on any atom is 0.257 e. The van der Waals surface area contributed by atoms with Crippen LogP contribution in [0.2, 0.25) is 5.02 Å². The van der Waals surface area contributed by atoms with E-state index in [0.29, 0.717) is 22.8 Å². The first-order chi connectivity index (χ1) is 11.5. The Hall–Kier alpha value is -2.45. The number of nitrogens with zero attached hydrogens (tertiary/aromatic N) is 3. The van der Waals surface area contributed by atoms with E-state index in [-0.39, 0.29) is 12.1 Å². The van der Waals surface area contributed by atoms with E-state index in [4.69, 9.17) is 11.6 Å². The lowest BCUT2D eigenvalue weighted by Crippen LogP contribution is -2.43. The normalized spacial score (nSPS) is 16.5. The molecule has 1 amide bonds. The van der Waals surface area contributed by atoms with Gasteiger partial charge in [-0.1, -0.05) is 18.5 Å². The second-order valence-electron chi connectivity index (χ2n) is 5.98. The van der Waals surface area contributed by atoms with Crippen molar-refractivity contribution in [1.82, 2.24) is 9.47 Å². The van der Waals surface area contributed by atoms with Crippen LogP contribution in [0.4, 0.5) is 5.69 Å². The van der Waals surface area contributed by atoms with Crippen LogP contribution in [-0.2, 0) is 7.05 Å². The van der Waals surface area contributed by atoms with Gasteiger partial charge >= 0.3 is 0 Å². The number of nitriles is 1. The highest BCUT2D eigenvalue weighted by Crippen LogP contribution is 2.36. The van der Waals surface area contributed by atoms with Gasteiger partial charge in [-0.25, -0.2) is 0 Å². The molecule has 1 aliphatic heterocycles. The average Bonchev–Trinajstić information content (AvgIpc) is 2.85. The number of rotatable bonds is 3. The largest absolute Gasteiger partial charge is 0.361 e. The maximum absolute atomic E-state index is 12.9. The van der Waals surface area contributed by atoms with Crippen molar-refractivity contribution in [3.05, 3.63) is 51.8 Å². The fourth-order valence-corrected chi connectivity index (χ4v) is 3.32. The molecule has 0 fully saturated rings. The Kier molecular flexibility index (Phi) is 4.25. The van der Waals surface area contributed by atoms with Crippen LogP contribution in [-0.4, -0.2) is 21.9 Å². The van der Waals surface area contributed by atoms with Crippen LogP contribution in [0, 0.1) is 18.3 Å². The highest BCUT2D eigenvalue weighted by Gasteiger charge is 2.34. The van der Waals surface area contributed by atoms with Gasteiger partial charge in [-0.2, -0.15) is 5.26 Å². The van der Waals surface area contributed by atoms with Gasteiger partial charge < -0.3 is 14.8 Å². The van der Waals surface area contributed by atoms with Crippen LogP contribution in [0.25, 0.3) is 0 Å². The second-order valence-corrected chi connectivity index (χ2v) is 6.41. The van der Waals surface area contributed by atoms with E-state index in [1.54, 1.807) is 18.2 Å². The number of nitrogens with one attached hydrogen (secondary N) is 1. The number of hydrogen-bond donors (Lipinski definition) is 1. The van der Waals surface area contributed by atoms with Gasteiger partial charge in [0.05, 0.1) is 11.3 Å². The molecule has 6 heteroatoms. The Morgan fingerprint density at radius 1 is 1.38 bits per heavy atom. The molecule has 1 atom stereocenters. The number of carbonyl (C=O) groups is 1. The summed E-state index contributed by atoms with van der Waals surface area (Å²) in [6.07, 6.45) is 0.542. The van der Waals surface area contributed by atoms with E-state index in [9.17, 15) is 10.1 Å². The lowest BCUT2D eigenvalue weighted by atomic mass is 10.0. The summed E-state index contributed by atoms with van der Waals surface area (Å²) in [6.45, 7) is 4.63. The summed E-state index contributed by atoms with van der Waals surface area (Å²) in [5, 5.41) is 13.3. The van der Waals surface area contributed by atoms with Gasteiger partial charge in [0.2, 0.25) is 0 Å². The monoisotopic (exact) mass is 342 g/mol. The molecular formula is C18H19ClN4O. The van der Waals surface area contributed by atoms with Gasteiger partial charge in [0.25, 0.3) is 5.91 Å². The zero-order valence-electron chi connectivity index (χ0n) is 13.9. The molecule has 24 heavy (non-hydrogen) atoms. The molecule has 2 heterocycles. The third-order valence-electron chi connectivity index (χ3n) is 4.52. The first-order valence-electron chi connectivity index (χ1n) is 7.91. The first kappa shape index (κ1) is 16.4. The van der Waals surface area contributed by atoms with E-state index >= 15 is 0 Å². The van der Waals surface area contributed by atoms with Crippen LogP contribution in [0.5, 0.6) is 0 Å². The van der Waals surface area contributed by atoms with Crippen molar-refractivity contribution in [3.63, 3.8) is 0 Å². The van der Waals surface area contributed by atoms with Crippen molar-refractivity contribution in [2.75, 3.05) is 11.9 Å². The zero-order chi connectivity index (χ0) is 17.4. The number of fused-ring (bicyclic) bond motifs is 1. The lowest BCUT2D eigenvalue weighted by Gasteiger charge is -2.38. The smallest absolute Gasteiger partial charge is 0.257 e. The molecule has 0 saturated carbocycles. The molecule has 1 aromatic heterocycles. The molecule has 3 rings (SSSR count). The number of hydrogen-bond acceptors (Lipinski definition) is 3. The van der Waals surface area contributed by atoms with Gasteiger partial charge in [-0.05, 0) is 37.6 Å². The molecule has 0 aliphatic carbocycles. The van der Waals surface area contributed by atoms with E-state index in [2.05, 4.69) is 11.4 Å². The average molecular weight is 343 g/mol. The van der Waals surface area contributed by atoms with Gasteiger partial charge in [0.1, 0.15) is 17.9 Å². The third kappa shape index (κ3) is 2.53. The molecule has 1 aliphatic rings. The molecule has 5 nitrogen and oxygen atoms in total. The quantitative estimate of drug-likeness (QED) is 0.922. The SMILES string of the molecule is CCCN1C(=O)c2ccc(Cl)cc2NC1c1cc(C#N)n(C)c1C. The predicted octanol–water partition coefficient (Wildman–Crippen LogP) is 3.84. The molecule has 2 aromatic rings. The van der Waals surface area contributed by atoms with Gasteiger partial charge in [-0.15, -0.1) is 0 Å². The van der Waals surface area contributed by atoms with E-state index < -0.39 is 0 Å². The summed E-state index contributed by atoms with van der Waals surface area (Å²) in [5.41, 5.74) is 3.82. The van der Waals surface area contributed by atoms with Crippen LogP contribution in [0.15, 0.2) is 24.3 Å². The molecule has 0 radical (unpaired) electrons.